The van der Waals surface area contributed by atoms with Crippen molar-refractivity contribution in [3.05, 3.63) is 106 Å². The number of hydrogen-bond donors (Lipinski definition) is 0. The Bertz CT molecular complexity index is 1250. The Morgan fingerprint density at radius 1 is 1.00 bits per heavy atom. The van der Waals surface area contributed by atoms with Crippen LogP contribution in [0.3, 0.4) is 0 Å². The molecule has 1 fully saturated rings. The number of hydrogen-bond acceptors (Lipinski definition) is 5. The summed E-state index contributed by atoms with van der Waals surface area (Å²) in [5.74, 6) is 0.537. The van der Waals surface area contributed by atoms with Crippen molar-refractivity contribution in [2.45, 2.75) is 32.7 Å². The summed E-state index contributed by atoms with van der Waals surface area (Å²) in [4.78, 5) is 18.0. The van der Waals surface area contributed by atoms with E-state index >= 15 is 0 Å². The molecular weight excluding hydrogens is 418 g/mol. The van der Waals surface area contributed by atoms with Gasteiger partial charge < -0.3 is 9.47 Å². The van der Waals surface area contributed by atoms with Crippen LogP contribution in [0.1, 0.15) is 38.8 Å². The lowest BCUT2D eigenvalue weighted by atomic mass is 9.99. The Morgan fingerprint density at radius 2 is 1.69 bits per heavy atom. The van der Waals surface area contributed by atoms with Crippen molar-refractivity contribution in [1.29, 1.82) is 0 Å². The van der Waals surface area contributed by atoms with Crippen LogP contribution < -0.4 is 4.74 Å². The Hall–Kier alpha value is -3.28. The van der Waals surface area contributed by atoms with Gasteiger partial charge in [-0.1, -0.05) is 60.7 Å². The van der Waals surface area contributed by atoms with E-state index in [1.54, 1.807) is 11.3 Å². The zero-order valence-corrected chi connectivity index (χ0v) is 18.8. The molecule has 0 spiro atoms. The Kier molecular flexibility index (Phi) is 5.60. The van der Waals surface area contributed by atoms with Crippen LogP contribution in [0.4, 0.5) is 0 Å². The molecule has 1 aromatic heterocycles. The third-order valence-corrected chi connectivity index (χ3v) is 6.59. The third kappa shape index (κ3) is 4.22. The summed E-state index contributed by atoms with van der Waals surface area (Å²) in [6, 6.07) is 23.8. The average Bonchev–Trinajstić information content (AvgIpc) is 3.48. The molecule has 0 aliphatic carbocycles. The molecular formula is C27H23NO3S. The standard InChI is InChI=1S/C27H23NO3S/c1-17-13-21(23(14-18(17)2)30-15-19-9-5-3-6-10-19)24(29)26-25(31-26)22-16-32-27(28-22)20-11-7-4-8-12-20/h3-14,16,25-26H,15H2,1-2H3/t25-,26+/m0/s1. The molecule has 4 nitrogen and oxygen atoms in total. The molecule has 4 aromatic rings. The molecule has 0 saturated carbocycles. The second-order valence-electron chi connectivity index (χ2n) is 7.99. The van der Waals surface area contributed by atoms with Crippen LogP contribution in [0, 0.1) is 13.8 Å². The number of rotatable bonds is 7. The number of carbonyl (C=O) groups is 1. The van der Waals surface area contributed by atoms with E-state index in [4.69, 9.17) is 14.5 Å². The van der Waals surface area contributed by atoms with Gasteiger partial charge in [-0.05, 0) is 42.7 Å². The fourth-order valence-electron chi connectivity index (χ4n) is 3.66. The first kappa shape index (κ1) is 20.6. The van der Waals surface area contributed by atoms with E-state index in [0.717, 1.165) is 33.0 Å². The van der Waals surface area contributed by atoms with Crippen molar-refractivity contribution in [3.63, 3.8) is 0 Å². The number of nitrogens with zero attached hydrogens (tertiary/aromatic N) is 1. The molecule has 2 heterocycles. The lowest BCUT2D eigenvalue weighted by molar-refractivity contribution is 0.0949. The van der Waals surface area contributed by atoms with Crippen molar-refractivity contribution < 1.29 is 14.3 Å². The Balaban J connectivity index is 1.35. The number of aromatic nitrogens is 1. The van der Waals surface area contributed by atoms with E-state index in [-0.39, 0.29) is 11.9 Å². The van der Waals surface area contributed by atoms with Gasteiger partial charge >= 0.3 is 0 Å². The molecule has 3 aromatic carbocycles. The maximum atomic E-state index is 13.3. The lowest BCUT2D eigenvalue weighted by Gasteiger charge is -2.13. The predicted octanol–water partition coefficient (Wildman–Crippen LogP) is 6.33. The highest BCUT2D eigenvalue weighted by molar-refractivity contribution is 7.13. The van der Waals surface area contributed by atoms with E-state index in [2.05, 4.69) is 0 Å². The van der Waals surface area contributed by atoms with Gasteiger partial charge in [-0.3, -0.25) is 4.79 Å². The molecule has 0 bridgehead atoms. The maximum absolute atomic E-state index is 13.3. The second-order valence-corrected chi connectivity index (χ2v) is 8.85. The van der Waals surface area contributed by atoms with Crippen molar-refractivity contribution in [2.24, 2.45) is 0 Å². The molecule has 5 heteroatoms. The zero-order chi connectivity index (χ0) is 22.1. The van der Waals surface area contributed by atoms with Gasteiger partial charge in [0.05, 0.1) is 11.3 Å². The van der Waals surface area contributed by atoms with Gasteiger partial charge in [-0.15, -0.1) is 11.3 Å². The fraction of sp³-hybridized carbons (Fsp3) is 0.185. The van der Waals surface area contributed by atoms with Crippen LogP contribution in [-0.4, -0.2) is 16.9 Å². The maximum Gasteiger partial charge on any atom is 0.198 e. The zero-order valence-electron chi connectivity index (χ0n) is 17.9. The van der Waals surface area contributed by atoms with Crippen LogP contribution in [0.5, 0.6) is 5.75 Å². The van der Waals surface area contributed by atoms with Crippen LogP contribution >= 0.6 is 11.3 Å². The quantitative estimate of drug-likeness (QED) is 0.248. The highest BCUT2D eigenvalue weighted by Crippen LogP contribution is 2.43. The van der Waals surface area contributed by atoms with Gasteiger partial charge in [-0.2, -0.15) is 0 Å². The SMILES string of the molecule is Cc1cc(OCc2ccccc2)c(C(=O)[C@H]2O[C@H]2c2csc(-c3ccccc3)n2)cc1C. The monoisotopic (exact) mass is 441 g/mol. The predicted molar refractivity (Wildman–Crippen MR) is 126 cm³/mol. The molecule has 0 radical (unpaired) electrons. The van der Waals surface area contributed by atoms with E-state index in [1.165, 1.54) is 0 Å². The number of ether oxygens (including phenoxy) is 2. The highest BCUT2D eigenvalue weighted by Gasteiger charge is 2.48. The van der Waals surface area contributed by atoms with Crippen molar-refractivity contribution in [2.75, 3.05) is 0 Å². The van der Waals surface area contributed by atoms with Crippen molar-refractivity contribution in [3.8, 4) is 16.3 Å². The fourth-order valence-corrected chi connectivity index (χ4v) is 4.51. The first-order valence-electron chi connectivity index (χ1n) is 10.6. The minimum Gasteiger partial charge on any atom is -0.488 e. The number of aryl methyl sites for hydroxylation is 2. The van der Waals surface area contributed by atoms with Crippen LogP contribution in [0.15, 0.2) is 78.2 Å². The summed E-state index contributed by atoms with van der Waals surface area (Å²) in [6.45, 7) is 4.44. The van der Waals surface area contributed by atoms with Crippen LogP contribution in [0.25, 0.3) is 10.6 Å². The van der Waals surface area contributed by atoms with Gasteiger partial charge in [0.15, 0.2) is 11.9 Å². The smallest absolute Gasteiger partial charge is 0.198 e. The lowest BCUT2D eigenvalue weighted by Crippen LogP contribution is -2.12. The van der Waals surface area contributed by atoms with Gasteiger partial charge in [0, 0.05) is 10.9 Å². The molecule has 0 amide bonds. The minimum atomic E-state index is -0.526. The summed E-state index contributed by atoms with van der Waals surface area (Å²) in [7, 11) is 0. The van der Waals surface area contributed by atoms with Crippen molar-refractivity contribution in [1.82, 2.24) is 4.98 Å². The summed E-state index contributed by atoms with van der Waals surface area (Å²) in [5, 5.41) is 2.91. The third-order valence-electron chi connectivity index (χ3n) is 5.68. The van der Waals surface area contributed by atoms with E-state index < -0.39 is 6.10 Å². The average molecular weight is 442 g/mol. The normalized spacial score (nSPS) is 17.2. The second kappa shape index (κ2) is 8.69. The summed E-state index contributed by atoms with van der Waals surface area (Å²) >= 11 is 1.57. The first-order valence-corrected chi connectivity index (χ1v) is 11.5. The first-order chi connectivity index (χ1) is 15.6. The molecule has 160 valence electrons. The summed E-state index contributed by atoms with van der Waals surface area (Å²) in [6.07, 6.45) is -0.832. The van der Waals surface area contributed by atoms with E-state index in [0.29, 0.717) is 17.9 Å². The number of carbonyl (C=O) groups excluding carboxylic acids is 1. The van der Waals surface area contributed by atoms with Crippen molar-refractivity contribution >= 4 is 17.1 Å². The molecule has 32 heavy (non-hydrogen) atoms. The number of epoxide rings is 1. The molecule has 1 aliphatic heterocycles. The number of ketones is 1. The Labute approximate surface area is 191 Å². The van der Waals surface area contributed by atoms with Crippen LogP contribution in [0.2, 0.25) is 0 Å². The molecule has 2 atom stereocenters. The summed E-state index contributed by atoms with van der Waals surface area (Å²) < 4.78 is 11.9. The largest absolute Gasteiger partial charge is 0.488 e. The van der Waals surface area contributed by atoms with E-state index in [1.807, 2.05) is 92.0 Å². The van der Waals surface area contributed by atoms with Gasteiger partial charge in [0.2, 0.25) is 0 Å². The van der Waals surface area contributed by atoms with Gasteiger partial charge in [0.25, 0.3) is 0 Å². The highest BCUT2D eigenvalue weighted by atomic mass is 32.1. The molecule has 0 unspecified atom stereocenters. The van der Waals surface area contributed by atoms with E-state index in [9.17, 15) is 4.79 Å². The van der Waals surface area contributed by atoms with Gasteiger partial charge in [-0.25, -0.2) is 4.98 Å². The molecule has 0 N–H and O–H groups in total. The molecule has 1 saturated heterocycles. The molecule has 1 aliphatic rings. The molecule has 5 rings (SSSR count). The number of Topliss-reactive ketones (excluding diaryl/α,β-unsaturated/α-hetero) is 1. The van der Waals surface area contributed by atoms with Gasteiger partial charge in [0.1, 0.15) is 23.5 Å². The number of benzene rings is 3. The minimum absolute atomic E-state index is 0.0598. The summed E-state index contributed by atoms with van der Waals surface area (Å²) in [5.41, 5.74) is 5.64. The van der Waals surface area contributed by atoms with Crippen LogP contribution in [-0.2, 0) is 11.3 Å². The topological polar surface area (TPSA) is 51.7 Å². The Morgan fingerprint density at radius 3 is 2.44 bits per heavy atom. The number of thiazole rings is 1.